The van der Waals surface area contributed by atoms with Gasteiger partial charge in [-0.3, -0.25) is 9.59 Å². The molecule has 0 aliphatic carbocycles. The van der Waals surface area contributed by atoms with Crippen LogP contribution in [0.5, 0.6) is 0 Å². The van der Waals surface area contributed by atoms with Crippen LogP contribution < -0.4 is 11.1 Å². The van der Waals surface area contributed by atoms with Crippen molar-refractivity contribution in [1.29, 1.82) is 0 Å². The van der Waals surface area contributed by atoms with E-state index in [1.807, 2.05) is 0 Å². The van der Waals surface area contributed by atoms with Gasteiger partial charge in [0.1, 0.15) is 0 Å². The molecule has 0 spiro atoms. The van der Waals surface area contributed by atoms with E-state index in [9.17, 15) is 9.59 Å². The van der Waals surface area contributed by atoms with Crippen molar-refractivity contribution in [3.8, 4) is 0 Å². The first-order valence-corrected chi connectivity index (χ1v) is 17.3. The van der Waals surface area contributed by atoms with E-state index in [0.717, 1.165) is 25.8 Å². The molecule has 0 heterocycles. The number of hydrogen-bond donors (Lipinski definition) is 2. The molecule has 0 aromatic rings. The largest absolute Gasteiger partial charge is 0.370 e. The van der Waals surface area contributed by atoms with Crippen molar-refractivity contribution in [2.24, 2.45) is 5.73 Å². The molecule has 0 aliphatic heterocycles. The van der Waals surface area contributed by atoms with Gasteiger partial charge in [0, 0.05) is 19.4 Å². The Morgan fingerprint density at radius 2 is 0.872 bits per heavy atom. The molecule has 0 saturated carbocycles. The molecular weight excluding hydrogens is 480 g/mol. The molecule has 0 rings (SSSR count). The fraction of sp³-hybridized carbons (Fsp3) is 0.886. The maximum atomic E-state index is 11.5. The number of allylic oxidation sites excluding steroid dienone is 2. The monoisotopic (exact) mass is 551 g/mol. The third-order valence-electron chi connectivity index (χ3n) is 7.29. The SMILES string of the molecule is CCCC/C=C\CCCCCCCC(=O)NCCCCC.CCCCCCCCCCCCCCCC(N)=O. The number of carbonyl (C=O) groups excluding carboxylic acids is 2. The number of unbranched alkanes of at least 4 members (excludes halogenated alkanes) is 21. The highest BCUT2D eigenvalue weighted by Crippen LogP contribution is 2.13. The average molecular weight is 551 g/mol. The van der Waals surface area contributed by atoms with Crippen LogP contribution in [0.2, 0.25) is 0 Å². The second-order valence-corrected chi connectivity index (χ2v) is 11.4. The summed E-state index contributed by atoms with van der Waals surface area (Å²) in [5.41, 5.74) is 5.09. The van der Waals surface area contributed by atoms with Crippen LogP contribution in [0.3, 0.4) is 0 Å². The molecule has 0 radical (unpaired) electrons. The van der Waals surface area contributed by atoms with Crippen molar-refractivity contribution >= 4 is 11.8 Å². The summed E-state index contributed by atoms with van der Waals surface area (Å²) in [5.74, 6) is 0.0861. The van der Waals surface area contributed by atoms with Crippen LogP contribution in [0.1, 0.15) is 194 Å². The van der Waals surface area contributed by atoms with Gasteiger partial charge in [-0.1, -0.05) is 155 Å². The van der Waals surface area contributed by atoms with Crippen molar-refractivity contribution in [2.75, 3.05) is 6.54 Å². The smallest absolute Gasteiger partial charge is 0.219 e. The van der Waals surface area contributed by atoms with Crippen molar-refractivity contribution in [1.82, 2.24) is 5.32 Å². The van der Waals surface area contributed by atoms with Gasteiger partial charge in [-0.05, 0) is 38.5 Å². The standard InChI is InChI=1S/C19H37NO.C16H33NO/c1-3-5-7-8-9-10-11-12-13-14-15-17-19(21)20-18-16-6-4-2;1-2-3-4-5-6-7-8-9-10-11-12-13-14-15-16(17)18/h8-9H,3-7,10-18H2,1-2H3,(H,20,21);2-15H2,1H3,(H2,17,18)/b9-8-;. The first kappa shape index (κ1) is 39.8. The lowest BCUT2D eigenvalue weighted by atomic mass is 10.0. The van der Waals surface area contributed by atoms with E-state index in [1.165, 1.54) is 141 Å². The Balaban J connectivity index is 0. The molecule has 0 saturated heterocycles. The van der Waals surface area contributed by atoms with E-state index in [2.05, 4.69) is 38.2 Å². The number of carbonyl (C=O) groups is 2. The Hall–Kier alpha value is -1.32. The predicted molar refractivity (Wildman–Crippen MR) is 173 cm³/mol. The lowest BCUT2D eigenvalue weighted by Gasteiger charge is -2.04. The van der Waals surface area contributed by atoms with Gasteiger partial charge in [0.2, 0.25) is 11.8 Å². The summed E-state index contributed by atoms with van der Waals surface area (Å²) in [4.78, 5) is 22.1. The molecule has 0 fully saturated rings. The Morgan fingerprint density at radius 3 is 1.36 bits per heavy atom. The molecule has 2 amide bonds. The maximum Gasteiger partial charge on any atom is 0.219 e. The van der Waals surface area contributed by atoms with E-state index in [4.69, 9.17) is 5.73 Å². The molecular formula is C35H70N2O2. The van der Waals surface area contributed by atoms with Gasteiger partial charge in [-0.15, -0.1) is 0 Å². The second-order valence-electron chi connectivity index (χ2n) is 11.4. The summed E-state index contributed by atoms with van der Waals surface area (Å²) >= 11 is 0. The Morgan fingerprint density at radius 1 is 0.487 bits per heavy atom. The number of hydrogen-bond acceptors (Lipinski definition) is 2. The highest BCUT2D eigenvalue weighted by atomic mass is 16.1. The normalized spacial score (nSPS) is 10.9. The summed E-state index contributed by atoms with van der Waals surface area (Å²) in [7, 11) is 0. The summed E-state index contributed by atoms with van der Waals surface area (Å²) in [5, 5.41) is 3.00. The highest BCUT2D eigenvalue weighted by molar-refractivity contribution is 5.75. The zero-order valence-electron chi connectivity index (χ0n) is 26.8. The van der Waals surface area contributed by atoms with E-state index in [-0.39, 0.29) is 11.8 Å². The Kier molecular flexibility index (Phi) is 37.5. The van der Waals surface area contributed by atoms with Gasteiger partial charge in [0.05, 0.1) is 0 Å². The Labute approximate surface area is 245 Å². The van der Waals surface area contributed by atoms with Crippen LogP contribution in [0.25, 0.3) is 0 Å². The summed E-state index contributed by atoms with van der Waals surface area (Å²) < 4.78 is 0. The topological polar surface area (TPSA) is 72.2 Å². The second kappa shape index (κ2) is 36.7. The zero-order chi connectivity index (χ0) is 29.1. The minimum Gasteiger partial charge on any atom is -0.370 e. The maximum absolute atomic E-state index is 11.5. The summed E-state index contributed by atoms with van der Waals surface area (Å²) in [6, 6.07) is 0. The molecule has 0 aromatic carbocycles. The lowest BCUT2D eigenvalue weighted by molar-refractivity contribution is -0.121. The molecule has 4 nitrogen and oxygen atoms in total. The van der Waals surface area contributed by atoms with E-state index in [0.29, 0.717) is 12.8 Å². The molecule has 0 aromatic heterocycles. The fourth-order valence-electron chi connectivity index (χ4n) is 4.64. The fourth-order valence-corrected chi connectivity index (χ4v) is 4.64. The quantitative estimate of drug-likeness (QED) is 0.0718. The zero-order valence-corrected chi connectivity index (χ0v) is 26.8. The van der Waals surface area contributed by atoms with Gasteiger partial charge in [0.25, 0.3) is 0 Å². The minimum absolute atomic E-state index is 0.155. The van der Waals surface area contributed by atoms with Gasteiger partial charge in [-0.25, -0.2) is 0 Å². The predicted octanol–water partition coefficient (Wildman–Crippen LogP) is 10.7. The van der Waals surface area contributed by atoms with Crippen molar-refractivity contribution in [3.63, 3.8) is 0 Å². The Bertz CT molecular complexity index is 519. The molecule has 39 heavy (non-hydrogen) atoms. The first-order valence-electron chi connectivity index (χ1n) is 17.3. The third-order valence-corrected chi connectivity index (χ3v) is 7.29. The highest BCUT2D eigenvalue weighted by Gasteiger charge is 2.00. The summed E-state index contributed by atoms with van der Waals surface area (Å²) in [6.45, 7) is 7.54. The number of rotatable bonds is 29. The third kappa shape index (κ3) is 41.3. The van der Waals surface area contributed by atoms with Crippen LogP contribution >= 0.6 is 0 Å². The molecule has 0 atom stereocenters. The van der Waals surface area contributed by atoms with E-state index < -0.39 is 0 Å². The minimum atomic E-state index is -0.155. The molecule has 3 N–H and O–H groups in total. The van der Waals surface area contributed by atoms with Crippen LogP contribution in [-0.2, 0) is 9.59 Å². The van der Waals surface area contributed by atoms with Gasteiger partial charge in [-0.2, -0.15) is 0 Å². The molecule has 0 bridgehead atoms. The molecule has 4 heteroatoms. The number of nitrogens with two attached hydrogens (primary N) is 1. The first-order chi connectivity index (χ1) is 19.1. The van der Waals surface area contributed by atoms with Crippen molar-refractivity contribution in [2.45, 2.75) is 194 Å². The van der Waals surface area contributed by atoms with Crippen LogP contribution in [0, 0.1) is 0 Å². The number of nitrogens with one attached hydrogen (secondary N) is 1. The van der Waals surface area contributed by atoms with Crippen LogP contribution in [0.4, 0.5) is 0 Å². The molecule has 232 valence electrons. The van der Waals surface area contributed by atoms with Crippen molar-refractivity contribution in [3.05, 3.63) is 12.2 Å². The van der Waals surface area contributed by atoms with E-state index >= 15 is 0 Å². The van der Waals surface area contributed by atoms with Gasteiger partial charge >= 0.3 is 0 Å². The van der Waals surface area contributed by atoms with Crippen LogP contribution in [0.15, 0.2) is 12.2 Å². The average Bonchev–Trinajstić information content (AvgIpc) is 2.92. The molecule has 0 unspecified atom stereocenters. The van der Waals surface area contributed by atoms with Crippen molar-refractivity contribution < 1.29 is 9.59 Å². The number of primary amides is 1. The summed E-state index contributed by atoms with van der Waals surface area (Å²) in [6.07, 6.45) is 38.0. The van der Waals surface area contributed by atoms with Gasteiger partial charge in [0.15, 0.2) is 0 Å². The molecule has 0 aliphatic rings. The number of amides is 2. The van der Waals surface area contributed by atoms with Gasteiger partial charge < -0.3 is 11.1 Å². The van der Waals surface area contributed by atoms with Crippen LogP contribution in [-0.4, -0.2) is 18.4 Å². The lowest BCUT2D eigenvalue weighted by Crippen LogP contribution is -2.23. The van der Waals surface area contributed by atoms with E-state index in [1.54, 1.807) is 0 Å².